The molecule has 82 valence electrons. The van der Waals surface area contributed by atoms with Crippen molar-refractivity contribution in [2.75, 3.05) is 0 Å². The predicted molar refractivity (Wildman–Crippen MR) is 57.4 cm³/mol. The highest BCUT2D eigenvalue weighted by atomic mass is 19.1. The van der Waals surface area contributed by atoms with Gasteiger partial charge in [0.1, 0.15) is 11.9 Å². The van der Waals surface area contributed by atoms with E-state index < -0.39 is 5.82 Å². The van der Waals surface area contributed by atoms with Crippen LogP contribution in [0, 0.1) is 23.1 Å². The van der Waals surface area contributed by atoms with Crippen molar-refractivity contribution in [3.63, 3.8) is 0 Å². The Labute approximate surface area is 93.7 Å². The average Bonchev–Trinajstić information content (AvgIpc) is 2.81. The van der Waals surface area contributed by atoms with Crippen LogP contribution in [-0.4, -0.2) is 5.78 Å². The van der Waals surface area contributed by atoms with Crippen LogP contribution in [0.15, 0.2) is 18.2 Å². The lowest BCUT2D eigenvalue weighted by Crippen LogP contribution is -2.11. The normalized spacial score (nSPS) is 16.0. The van der Waals surface area contributed by atoms with Crippen LogP contribution < -0.4 is 0 Å². The van der Waals surface area contributed by atoms with Crippen LogP contribution in [0.1, 0.15) is 41.6 Å². The molecule has 1 aromatic rings. The van der Waals surface area contributed by atoms with Crippen molar-refractivity contribution in [1.82, 2.24) is 0 Å². The van der Waals surface area contributed by atoms with Gasteiger partial charge in [0.05, 0.1) is 5.56 Å². The monoisotopic (exact) mass is 217 g/mol. The van der Waals surface area contributed by atoms with Gasteiger partial charge in [0.2, 0.25) is 0 Å². The molecule has 0 spiro atoms. The van der Waals surface area contributed by atoms with Crippen LogP contribution in [0.5, 0.6) is 0 Å². The zero-order valence-electron chi connectivity index (χ0n) is 8.87. The Balaban J connectivity index is 2.24. The number of halogens is 1. The first kappa shape index (κ1) is 10.8. The summed E-state index contributed by atoms with van der Waals surface area (Å²) in [5.74, 6) is -0.542. The average molecular weight is 217 g/mol. The Morgan fingerprint density at radius 3 is 2.62 bits per heavy atom. The molecule has 2 nitrogen and oxygen atoms in total. The maximum atomic E-state index is 13.3. The van der Waals surface area contributed by atoms with Crippen LogP contribution in [0.3, 0.4) is 0 Å². The number of benzene rings is 1. The molecule has 1 fully saturated rings. The van der Waals surface area contributed by atoms with Gasteiger partial charge in [0.15, 0.2) is 5.78 Å². The van der Waals surface area contributed by atoms with E-state index in [1.807, 2.05) is 0 Å². The number of nitriles is 1. The Morgan fingerprint density at radius 1 is 1.38 bits per heavy atom. The standard InChI is InChI=1S/C13H12FNO/c14-12-7-10(5-6-11(12)8-15)13(16)9-3-1-2-4-9/h5-7,9H,1-4H2. The van der Waals surface area contributed by atoms with Gasteiger partial charge < -0.3 is 0 Å². The second kappa shape index (κ2) is 4.44. The van der Waals surface area contributed by atoms with Crippen LogP contribution in [0.25, 0.3) is 0 Å². The van der Waals surface area contributed by atoms with Gasteiger partial charge in [-0.1, -0.05) is 12.8 Å². The molecule has 0 unspecified atom stereocenters. The summed E-state index contributed by atoms with van der Waals surface area (Å²) in [4.78, 5) is 11.9. The largest absolute Gasteiger partial charge is 0.294 e. The second-order valence-corrected chi connectivity index (χ2v) is 4.15. The number of carbonyl (C=O) groups is 1. The SMILES string of the molecule is N#Cc1ccc(C(=O)C2CCCC2)cc1F. The fraction of sp³-hybridized carbons (Fsp3) is 0.385. The van der Waals surface area contributed by atoms with Gasteiger partial charge >= 0.3 is 0 Å². The lowest BCUT2D eigenvalue weighted by atomic mass is 9.95. The van der Waals surface area contributed by atoms with Crippen molar-refractivity contribution >= 4 is 5.78 Å². The first-order valence-corrected chi connectivity index (χ1v) is 5.46. The van der Waals surface area contributed by atoms with Gasteiger partial charge in [0, 0.05) is 11.5 Å². The minimum atomic E-state index is -0.605. The summed E-state index contributed by atoms with van der Waals surface area (Å²) >= 11 is 0. The van der Waals surface area contributed by atoms with E-state index in [9.17, 15) is 9.18 Å². The molecule has 0 atom stereocenters. The number of hydrogen-bond donors (Lipinski definition) is 0. The summed E-state index contributed by atoms with van der Waals surface area (Å²) in [6.45, 7) is 0. The smallest absolute Gasteiger partial charge is 0.166 e. The molecule has 1 aliphatic carbocycles. The number of Topliss-reactive ketones (excluding diaryl/α,β-unsaturated/α-hetero) is 1. The van der Waals surface area contributed by atoms with E-state index in [1.165, 1.54) is 12.1 Å². The van der Waals surface area contributed by atoms with E-state index >= 15 is 0 Å². The Hall–Kier alpha value is -1.69. The summed E-state index contributed by atoms with van der Waals surface area (Å²) in [5.41, 5.74) is 0.381. The van der Waals surface area contributed by atoms with E-state index in [4.69, 9.17) is 5.26 Å². The molecule has 0 amide bonds. The first-order valence-electron chi connectivity index (χ1n) is 5.46. The van der Waals surface area contributed by atoms with Crippen molar-refractivity contribution in [1.29, 1.82) is 5.26 Å². The second-order valence-electron chi connectivity index (χ2n) is 4.15. The summed E-state index contributed by atoms with van der Waals surface area (Å²) < 4.78 is 13.3. The minimum Gasteiger partial charge on any atom is -0.294 e. The number of nitrogens with zero attached hydrogens (tertiary/aromatic N) is 1. The quantitative estimate of drug-likeness (QED) is 0.714. The van der Waals surface area contributed by atoms with Crippen molar-refractivity contribution in [3.05, 3.63) is 35.1 Å². The van der Waals surface area contributed by atoms with Crippen LogP contribution in [-0.2, 0) is 0 Å². The third-order valence-electron chi connectivity index (χ3n) is 3.10. The summed E-state index contributed by atoms with van der Waals surface area (Å²) in [5, 5.41) is 8.58. The van der Waals surface area contributed by atoms with Crippen molar-refractivity contribution < 1.29 is 9.18 Å². The molecule has 0 aromatic heterocycles. The molecule has 0 aliphatic heterocycles. The first-order chi connectivity index (χ1) is 7.72. The summed E-state index contributed by atoms with van der Waals surface area (Å²) in [6, 6.07) is 5.84. The Kier molecular flexibility index (Phi) is 3.00. The van der Waals surface area contributed by atoms with Crippen LogP contribution >= 0.6 is 0 Å². The van der Waals surface area contributed by atoms with E-state index in [1.54, 1.807) is 12.1 Å². The number of carbonyl (C=O) groups excluding carboxylic acids is 1. The van der Waals surface area contributed by atoms with Gasteiger partial charge in [-0.3, -0.25) is 4.79 Å². The number of rotatable bonds is 2. The van der Waals surface area contributed by atoms with E-state index in [-0.39, 0.29) is 17.3 Å². The van der Waals surface area contributed by atoms with Gasteiger partial charge in [0.25, 0.3) is 0 Å². The molecule has 2 rings (SSSR count). The molecular formula is C13H12FNO. The van der Waals surface area contributed by atoms with E-state index in [2.05, 4.69) is 0 Å². The molecule has 1 aliphatic rings. The fourth-order valence-corrected chi connectivity index (χ4v) is 2.18. The lowest BCUT2D eigenvalue weighted by Gasteiger charge is -2.07. The maximum absolute atomic E-state index is 13.3. The molecule has 0 N–H and O–H groups in total. The van der Waals surface area contributed by atoms with E-state index in [0.717, 1.165) is 25.7 Å². The van der Waals surface area contributed by atoms with Gasteiger partial charge in [-0.05, 0) is 31.0 Å². The third-order valence-corrected chi connectivity index (χ3v) is 3.10. The van der Waals surface area contributed by atoms with Gasteiger partial charge in [-0.2, -0.15) is 5.26 Å². The molecular weight excluding hydrogens is 205 g/mol. The molecule has 0 radical (unpaired) electrons. The molecule has 0 saturated heterocycles. The molecule has 3 heteroatoms. The third kappa shape index (κ3) is 1.96. The Morgan fingerprint density at radius 2 is 2.06 bits per heavy atom. The highest BCUT2D eigenvalue weighted by Crippen LogP contribution is 2.28. The van der Waals surface area contributed by atoms with Crippen molar-refractivity contribution in [3.8, 4) is 6.07 Å². The zero-order chi connectivity index (χ0) is 11.5. The lowest BCUT2D eigenvalue weighted by molar-refractivity contribution is 0.0922. The number of ketones is 1. The predicted octanol–water partition coefficient (Wildman–Crippen LogP) is 3.07. The molecule has 1 aromatic carbocycles. The summed E-state index contributed by atoms with van der Waals surface area (Å²) in [6.07, 6.45) is 3.96. The molecule has 16 heavy (non-hydrogen) atoms. The summed E-state index contributed by atoms with van der Waals surface area (Å²) in [7, 11) is 0. The highest BCUT2D eigenvalue weighted by molar-refractivity contribution is 5.98. The van der Waals surface area contributed by atoms with Crippen molar-refractivity contribution in [2.24, 2.45) is 5.92 Å². The maximum Gasteiger partial charge on any atom is 0.166 e. The van der Waals surface area contributed by atoms with Gasteiger partial charge in [-0.25, -0.2) is 4.39 Å². The minimum absolute atomic E-state index is 0.0111. The Bertz CT molecular complexity index is 455. The number of hydrogen-bond acceptors (Lipinski definition) is 2. The van der Waals surface area contributed by atoms with Gasteiger partial charge in [-0.15, -0.1) is 0 Å². The van der Waals surface area contributed by atoms with Crippen molar-refractivity contribution in [2.45, 2.75) is 25.7 Å². The molecule has 0 heterocycles. The highest BCUT2D eigenvalue weighted by Gasteiger charge is 2.24. The zero-order valence-corrected chi connectivity index (χ0v) is 8.87. The molecule has 0 bridgehead atoms. The van der Waals surface area contributed by atoms with Crippen LogP contribution in [0.2, 0.25) is 0 Å². The topological polar surface area (TPSA) is 40.9 Å². The molecule has 1 saturated carbocycles. The van der Waals surface area contributed by atoms with Crippen LogP contribution in [0.4, 0.5) is 4.39 Å². The fourth-order valence-electron chi connectivity index (χ4n) is 2.18. The van der Waals surface area contributed by atoms with E-state index in [0.29, 0.717) is 5.56 Å².